The molecule has 0 saturated carbocycles. The van der Waals surface area contributed by atoms with Crippen LogP contribution in [-0.4, -0.2) is 12.5 Å². The van der Waals surface area contributed by atoms with Gasteiger partial charge in [0.25, 0.3) is 0 Å². The molecule has 2 N–H and O–H groups in total. The van der Waals surface area contributed by atoms with Crippen molar-refractivity contribution in [1.82, 2.24) is 5.32 Å². The zero-order chi connectivity index (χ0) is 18.4. The highest BCUT2D eigenvalue weighted by Gasteiger charge is 2.33. The SMILES string of the molecule is CC(NC(=O)CCNc1ccc(Cl)cc1C(F)(F)F)c1ccccc1. The van der Waals surface area contributed by atoms with Gasteiger partial charge in [0.2, 0.25) is 5.91 Å². The molecule has 2 rings (SSSR count). The standard InChI is InChI=1S/C18H18ClF3N2O/c1-12(13-5-3-2-4-6-13)24-17(25)9-10-23-16-8-7-14(19)11-15(16)18(20,21)22/h2-8,11-12,23H,9-10H2,1H3,(H,24,25). The molecule has 0 fully saturated rings. The van der Waals surface area contributed by atoms with E-state index in [1.54, 1.807) is 0 Å². The van der Waals surface area contributed by atoms with Gasteiger partial charge in [0.05, 0.1) is 11.6 Å². The van der Waals surface area contributed by atoms with Crippen molar-refractivity contribution in [3.63, 3.8) is 0 Å². The zero-order valence-electron chi connectivity index (χ0n) is 13.5. The highest BCUT2D eigenvalue weighted by atomic mass is 35.5. The molecule has 134 valence electrons. The predicted molar refractivity (Wildman–Crippen MR) is 92.6 cm³/mol. The minimum Gasteiger partial charge on any atom is -0.384 e. The van der Waals surface area contributed by atoms with Gasteiger partial charge in [-0.15, -0.1) is 0 Å². The number of alkyl halides is 3. The summed E-state index contributed by atoms with van der Waals surface area (Å²) < 4.78 is 39.0. The van der Waals surface area contributed by atoms with Crippen LogP contribution < -0.4 is 10.6 Å². The highest BCUT2D eigenvalue weighted by Crippen LogP contribution is 2.36. The number of amides is 1. The van der Waals surface area contributed by atoms with Gasteiger partial charge in [-0.1, -0.05) is 41.9 Å². The Morgan fingerprint density at radius 1 is 1.16 bits per heavy atom. The van der Waals surface area contributed by atoms with E-state index in [0.717, 1.165) is 11.6 Å². The van der Waals surface area contributed by atoms with Gasteiger partial charge in [-0.2, -0.15) is 13.2 Å². The maximum atomic E-state index is 13.0. The Bertz CT molecular complexity index is 720. The lowest BCUT2D eigenvalue weighted by atomic mass is 10.1. The lowest BCUT2D eigenvalue weighted by molar-refractivity contribution is -0.137. The van der Waals surface area contributed by atoms with Crippen LogP contribution in [0, 0.1) is 0 Å². The Balaban J connectivity index is 1.89. The molecule has 0 heterocycles. The summed E-state index contributed by atoms with van der Waals surface area (Å²) in [5.41, 5.74) is 0.0136. The summed E-state index contributed by atoms with van der Waals surface area (Å²) in [6, 6.07) is 12.7. The molecule has 0 aromatic heterocycles. The van der Waals surface area contributed by atoms with E-state index in [1.165, 1.54) is 12.1 Å². The first-order valence-corrected chi connectivity index (χ1v) is 8.10. The van der Waals surface area contributed by atoms with Gasteiger partial charge < -0.3 is 10.6 Å². The first-order valence-electron chi connectivity index (χ1n) is 7.72. The van der Waals surface area contributed by atoms with Crippen molar-refractivity contribution in [1.29, 1.82) is 0 Å². The number of carbonyl (C=O) groups excluding carboxylic acids is 1. The molecule has 1 atom stereocenters. The monoisotopic (exact) mass is 370 g/mol. The van der Waals surface area contributed by atoms with Crippen LogP contribution in [0.1, 0.15) is 30.5 Å². The van der Waals surface area contributed by atoms with Crippen LogP contribution in [0.5, 0.6) is 0 Å². The number of rotatable bonds is 6. The molecule has 7 heteroatoms. The van der Waals surface area contributed by atoms with E-state index in [1.807, 2.05) is 37.3 Å². The van der Waals surface area contributed by atoms with Gasteiger partial charge in [0, 0.05) is 23.7 Å². The third kappa shape index (κ3) is 5.67. The van der Waals surface area contributed by atoms with Crippen LogP contribution in [0.15, 0.2) is 48.5 Å². The molecule has 0 saturated heterocycles. The highest BCUT2D eigenvalue weighted by molar-refractivity contribution is 6.30. The number of hydrogen-bond acceptors (Lipinski definition) is 2. The van der Waals surface area contributed by atoms with Crippen LogP contribution in [0.2, 0.25) is 5.02 Å². The van der Waals surface area contributed by atoms with E-state index in [-0.39, 0.29) is 35.6 Å². The molecular formula is C18H18ClF3N2O. The number of anilines is 1. The number of hydrogen-bond donors (Lipinski definition) is 2. The zero-order valence-corrected chi connectivity index (χ0v) is 14.3. The van der Waals surface area contributed by atoms with Gasteiger partial charge in [-0.25, -0.2) is 0 Å². The van der Waals surface area contributed by atoms with Gasteiger partial charge in [-0.05, 0) is 30.7 Å². The Morgan fingerprint density at radius 2 is 1.84 bits per heavy atom. The quantitative estimate of drug-likeness (QED) is 0.748. The fourth-order valence-electron chi connectivity index (χ4n) is 2.35. The molecular weight excluding hydrogens is 353 g/mol. The lowest BCUT2D eigenvalue weighted by Gasteiger charge is -2.16. The molecule has 3 nitrogen and oxygen atoms in total. The minimum absolute atomic E-state index is 0.00676. The molecule has 1 unspecified atom stereocenters. The Labute approximate surface area is 149 Å². The average molecular weight is 371 g/mol. The molecule has 25 heavy (non-hydrogen) atoms. The number of carbonyl (C=O) groups is 1. The van der Waals surface area contributed by atoms with Crippen LogP contribution in [0.25, 0.3) is 0 Å². The summed E-state index contributed by atoms with van der Waals surface area (Å²) >= 11 is 5.63. The first kappa shape index (κ1) is 19.1. The molecule has 1 amide bonds. The van der Waals surface area contributed by atoms with E-state index in [0.29, 0.717) is 0 Å². The van der Waals surface area contributed by atoms with Crippen molar-refractivity contribution in [2.75, 3.05) is 11.9 Å². The molecule has 0 bridgehead atoms. The fourth-order valence-corrected chi connectivity index (χ4v) is 2.53. The summed E-state index contributed by atoms with van der Waals surface area (Å²) in [6.07, 6.45) is -4.46. The van der Waals surface area contributed by atoms with E-state index in [2.05, 4.69) is 10.6 Å². The normalized spacial score (nSPS) is 12.5. The van der Waals surface area contributed by atoms with Crippen molar-refractivity contribution in [2.45, 2.75) is 25.6 Å². The van der Waals surface area contributed by atoms with Crippen LogP contribution in [0.4, 0.5) is 18.9 Å². The first-order chi connectivity index (χ1) is 11.8. The van der Waals surface area contributed by atoms with E-state index >= 15 is 0 Å². The number of benzene rings is 2. The molecule has 0 aliphatic carbocycles. The van der Waals surface area contributed by atoms with Crippen LogP contribution in [-0.2, 0) is 11.0 Å². The topological polar surface area (TPSA) is 41.1 Å². The lowest BCUT2D eigenvalue weighted by Crippen LogP contribution is -2.28. The molecule has 0 aliphatic rings. The van der Waals surface area contributed by atoms with Crippen molar-refractivity contribution in [2.24, 2.45) is 0 Å². The third-order valence-corrected chi connectivity index (χ3v) is 3.87. The summed E-state index contributed by atoms with van der Waals surface area (Å²) in [6.45, 7) is 1.93. The summed E-state index contributed by atoms with van der Waals surface area (Å²) in [5.74, 6) is -0.244. The van der Waals surface area contributed by atoms with Crippen LogP contribution in [0.3, 0.4) is 0 Å². The van der Waals surface area contributed by atoms with E-state index in [9.17, 15) is 18.0 Å². The van der Waals surface area contributed by atoms with Crippen molar-refractivity contribution >= 4 is 23.2 Å². The second kappa shape index (κ2) is 8.25. The third-order valence-electron chi connectivity index (χ3n) is 3.63. The number of halogens is 4. The molecule has 2 aromatic rings. The Hall–Kier alpha value is -2.21. The number of nitrogens with one attached hydrogen (secondary N) is 2. The fraction of sp³-hybridized carbons (Fsp3) is 0.278. The smallest absolute Gasteiger partial charge is 0.384 e. The molecule has 2 aromatic carbocycles. The minimum atomic E-state index is -4.52. The van der Waals surface area contributed by atoms with Gasteiger partial charge in [0.15, 0.2) is 0 Å². The van der Waals surface area contributed by atoms with E-state index in [4.69, 9.17) is 11.6 Å². The average Bonchev–Trinajstić information content (AvgIpc) is 2.56. The summed E-state index contributed by atoms with van der Waals surface area (Å²) in [4.78, 5) is 12.0. The maximum Gasteiger partial charge on any atom is 0.418 e. The molecule has 0 aliphatic heterocycles. The van der Waals surface area contributed by atoms with E-state index < -0.39 is 11.7 Å². The van der Waals surface area contributed by atoms with Crippen molar-refractivity contribution in [3.8, 4) is 0 Å². The van der Waals surface area contributed by atoms with Crippen molar-refractivity contribution < 1.29 is 18.0 Å². The Morgan fingerprint density at radius 3 is 2.48 bits per heavy atom. The summed E-state index contributed by atoms with van der Waals surface area (Å²) in [5, 5.41) is 5.47. The van der Waals surface area contributed by atoms with Gasteiger partial charge >= 0.3 is 6.18 Å². The second-order valence-electron chi connectivity index (χ2n) is 5.56. The largest absolute Gasteiger partial charge is 0.418 e. The maximum absolute atomic E-state index is 13.0. The van der Waals surface area contributed by atoms with Gasteiger partial charge in [0.1, 0.15) is 0 Å². The van der Waals surface area contributed by atoms with Crippen LogP contribution >= 0.6 is 11.6 Å². The molecule has 0 spiro atoms. The Kier molecular flexibility index (Phi) is 6.31. The predicted octanol–water partition coefficient (Wildman–Crippen LogP) is 5.04. The summed E-state index contributed by atoms with van der Waals surface area (Å²) in [7, 11) is 0. The van der Waals surface area contributed by atoms with Gasteiger partial charge in [-0.3, -0.25) is 4.79 Å². The second-order valence-corrected chi connectivity index (χ2v) is 6.00. The molecule has 0 radical (unpaired) electrons. The van der Waals surface area contributed by atoms with Crippen molar-refractivity contribution in [3.05, 3.63) is 64.7 Å².